The minimum Gasteiger partial charge on any atom is -0.390 e. The maximum atomic E-state index is 12.7. The van der Waals surface area contributed by atoms with Crippen molar-refractivity contribution in [3.05, 3.63) is 59.3 Å². The van der Waals surface area contributed by atoms with Crippen LogP contribution in [0.1, 0.15) is 55.1 Å². The van der Waals surface area contributed by atoms with Crippen molar-refractivity contribution in [2.24, 2.45) is 5.41 Å². The molecule has 2 amide bonds. The SMILES string of the molecule is CC(C)(C)C(=O)N1CCC(Nc2cc(C(=O)NC[C@H](O)CN3CCc4ccccc4C3)ccn2)CC1. The lowest BCUT2D eigenvalue weighted by Crippen LogP contribution is -2.46. The van der Waals surface area contributed by atoms with Crippen molar-refractivity contribution in [1.82, 2.24) is 20.1 Å². The second kappa shape index (κ2) is 11.4. The summed E-state index contributed by atoms with van der Waals surface area (Å²) >= 11 is 0. The molecule has 1 atom stereocenters. The van der Waals surface area contributed by atoms with Gasteiger partial charge in [-0.3, -0.25) is 14.5 Å². The van der Waals surface area contributed by atoms with Crippen LogP contribution in [0.5, 0.6) is 0 Å². The van der Waals surface area contributed by atoms with Crippen molar-refractivity contribution in [2.75, 3.05) is 38.0 Å². The number of carbonyl (C=O) groups is 2. The fourth-order valence-corrected chi connectivity index (χ4v) is 4.95. The third-order valence-electron chi connectivity index (χ3n) is 6.97. The normalized spacial score (nSPS) is 17.8. The van der Waals surface area contributed by atoms with E-state index in [0.717, 1.165) is 32.4 Å². The predicted octanol–water partition coefficient (Wildman–Crippen LogP) is 2.68. The molecule has 2 aliphatic rings. The van der Waals surface area contributed by atoms with Gasteiger partial charge in [0, 0.05) is 62.5 Å². The van der Waals surface area contributed by atoms with Crippen LogP contribution >= 0.6 is 0 Å². The van der Waals surface area contributed by atoms with Crippen LogP contribution in [-0.4, -0.2) is 76.6 Å². The number of nitrogens with one attached hydrogen (secondary N) is 2. The number of benzene rings is 1. The smallest absolute Gasteiger partial charge is 0.251 e. The number of nitrogens with zero attached hydrogens (tertiary/aromatic N) is 3. The minimum atomic E-state index is -0.639. The van der Waals surface area contributed by atoms with Gasteiger partial charge in [0.2, 0.25) is 5.91 Å². The number of rotatable bonds is 7. The zero-order valence-electron chi connectivity index (χ0n) is 21.7. The number of β-amino-alcohol motifs (C(OH)–C–C–N with tert-alkyl or cyclic N) is 1. The first kappa shape index (κ1) is 26.1. The molecule has 0 aliphatic carbocycles. The van der Waals surface area contributed by atoms with Gasteiger partial charge < -0.3 is 20.6 Å². The number of aliphatic hydroxyl groups excluding tert-OH is 1. The summed E-state index contributed by atoms with van der Waals surface area (Å²) in [5, 5.41) is 16.8. The minimum absolute atomic E-state index is 0.185. The zero-order valence-corrected chi connectivity index (χ0v) is 21.7. The summed E-state index contributed by atoms with van der Waals surface area (Å²) in [5.41, 5.74) is 2.83. The number of carbonyl (C=O) groups excluding carboxylic acids is 2. The molecule has 2 aromatic rings. The standard InChI is InChI=1S/C28H39N5O3/c1-28(2,3)27(36)33-14-10-23(11-15-33)31-25-16-21(8-12-29-25)26(35)30-17-24(34)19-32-13-9-20-6-4-5-7-22(20)18-32/h4-8,12,16,23-24,34H,9-11,13-15,17-19H2,1-3H3,(H,29,31)(H,30,35)/t24-/m0/s1. The highest BCUT2D eigenvalue weighted by Crippen LogP contribution is 2.22. The summed E-state index contributed by atoms with van der Waals surface area (Å²) in [6.45, 7) is 9.73. The van der Waals surface area contributed by atoms with E-state index < -0.39 is 6.10 Å². The van der Waals surface area contributed by atoms with Crippen molar-refractivity contribution in [1.29, 1.82) is 0 Å². The molecule has 8 nitrogen and oxygen atoms in total. The topological polar surface area (TPSA) is 97.8 Å². The van der Waals surface area contributed by atoms with E-state index in [2.05, 4.69) is 38.7 Å². The van der Waals surface area contributed by atoms with Gasteiger partial charge in [0.05, 0.1) is 6.10 Å². The van der Waals surface area contributed by atoms with E-state index in [-0.39, 0.29) is 29.8 Å². The molecule has 0 radical (unpaired) electrons. The number of amides is 2. The van der Waals surface area contributed by atoms with Crippen LogP contribution in [0.4, 0.5) is 5.82 Å². The van der Waals surface area contributed by atoms with Crippen molar-refractivity contribution in [2.45, 2.75) is 58.7 Å². The molecule has 1 fully saturated rings. The molecule has 194 valence electrons. The molecule has 1 saturated heterocycles. The molecular weight excluding hydrogens is 454 g/mol. The molecule has 1 aromatic heterocycles. The van der Waals surface area contributed by atoms with E-state index in [1.165, 1.54) is 11.1 Å². The molecule has 4 rings (SSSR count). The third-order valence-corrected chi connectivity index (χ3v) is 6.97. The van der Waals surface area contributed by atoms with Gasteiger partial charge in [-0.05, 0) is 42.5 Å². The van der Waals surface area contributed by atoms with Crippen LogP contribution in [-0.2, 0) is 17.8 Å². The van der Waals surface area contributed by atoms with Gasteiger partial charge in [0.25, 0.3) is 5.91 Å². The first-order valence-corrected chi connectivity index (χ1v) is 13.0. The molecule has 0 spiro atoms. The van der Waals surface area contributed by atoms with E-state index in [9.17, 15) is 14.7 Å². The van der Waals surface area contributed by atoms with Crippen LogP contribution < -0.4 is 10.6 Å². The van der Waals surface area contributed by atoms with Crippen molar-refractivity contribution in [3.63, 3.8) is 0 Å². The van der Waals surface area contributed by atoms with Gasteiger partial charge in [-0.15, -0.1) is 0 Å². The van der Waals surface area contributed by atoms with Crippen molar-refractivity contribution < 1.29 is 14.7 Å². The number of likely N-dealkylation sites (tertiary alicyclic amines) is 1. The number of hydrogen-bond acceptors (Lipinski definition) is 6. The average molecular weight is 494 g/mol. The van der Waals surface area contributed by atoms with E-state index in [1.807, 2.05) is 31.7 Å². The predicted molar refractivity (Wildman–Crippen MR) is 141 cm³/mol. The largest absolute Gasteiger partial charge is 0.390 e. The molecule has 3 N–H and O–H groups in total. The highest BCUT2D eigenvalue weighted by atomic mass is 16.3. The Morgan fingerprint density at radius 2 is 1.83 bits per heavy atom. The lowest BCUT2D eigenvalue weighted by molar-refractivity contribution is -0.140. The molecule has 3 heterocycles. The Balaban J connectivity index is 1.22. The summed E-state index contributed by atoms with van der Waals surface area (Å²) in [7, 11) is 0. The molecule has 0 saturated carbocycles. The first-order valence-electron chi connectivity index (χ1n) is 13.0. The Morgan fingerprint density at radius 1 is 1.11 bits per heavy atom. The number of anilines is 1. The summed E-state index contributed by atoms with van der Waals surface area (Å²) in [5.74, 6) is 0.606. The molecular formula is C28H39N5O3. The van der Waals surface area contributed by atoms with Gasteiger partial charge in [-0.1, -0.05) is 45.0 Å². The summed E-state index contributed by atoms with van der Waals surface area (Å²) < 4.78 is 0. The Kier molecular flexibility index (Phi) is 8.26. The summed E-state index contributed by atoms with van der Waals surface area (Å²) in [6, 6.07) is 12.1. The fraction of sp³-hybridized carbons (Fsp3) is 0.536. The third kappa shape index (κ3) is 6.83. The van der Waals surface area contributed by atoms with Gasteiger partial charge in [0.15, 0.2) is 0 Å². The van der Waals surface area contributed by atoms with Crippen LogP contribution in [0.15, 0.2) is 42.6 Å². The lowest BCUT2D eigenvalue weighted by Gasteiger charge is -2.36. The lowest BCUT2D eigenvalue weighted by atomic mass is 9.93. The number of aromatic nitrogens is 1. The number of hydrogen-bond donors (Lipinski definition) is 3. The van der Waals surface area contributed by atoms with Crippen molar-refractivity contribution >= 4 is 17.6 Å². The van der Waals surface area contributed by atoms with E-state index in [0.29, 0.717) is 31.0 Å². The number of aliphatic hydroxyl groups is 1. The van der Waals surface area contributed by atoms with E-state index in [4.69, 9.17) is 0 Å². The fourth-order valence-electron chi connectivity index (χ4n) is 4.95. The maximum absolute atomic E-state index is 12.7. The second-order valence-corrected chi connectivity index (χ2v) is 11.0. The zero-order chi connectivity index (χ0) is 25.7. The Labute approximate surface area is 214 Å². The van der Waals surface area contributed by atoms with Crippen LogP contribution in [0.3, 0.4) is 0 Å². The monoisotopic (exact) mass is 493 g/mol. The van der Waals surface area contributed by atoms with Crippen LogP contribution in [0, 0.1) is 5.41 Å². The van der Waals surface area contributed by atoms with E-state index in [1.54, 1.807) is 18.3 Å². The highest BCUT2D eigenvalue weighted by Gasteiger charge is 2.30. The van der Waals surface area contributed by atoms with Crippen LogP contribution in [0.25, 0.3) is 0 Å². The average Bonchev–Trinajstić information content (AvgIpc) is 2.87. The molecule has 8 heteroatoms. The summed E-state index contributed by atoms with van der Waals surface area (Å²) in [6.07, 6.45) is 3.64. The Hall–Kier alpha value is -2.97. The molecule has 2 aliphatic heterocycles. The number of pyridine rings is 1. The Bertz CT molecular complexity index is 1060. The van der Waals surface area contributed by atoms with Gasteiger partial charge in [-0.2, -0.15) is 0 Å². The number of piperidine rings is 1. The number of fused-ring (bicyclic) bond motifs is 1. The quantitative estimate of drug-likeness (QED) is 0.549. The first-order chi connectivity index (χ1) is 17.2. The van der Waals surface area contributed by atoms with E-state index >= 15 is 0 Å². The highest BCUT2D eigenvalue weighted by molar-refractivity contribution is 5.94. The van der Waals surface area contributed by atoms with Crippen molar-refractivity contribution in [3.8, 4) is 0 Å². The van der Waals surface area contributed by atoms with Crippen LogP contribution in [0.2, 0.25) is 0 Å². The maximum Gasteiger partial charge on any atom is 0.251 e. The second-order valence-electron chi connectivity index (χ2n) is 11.0. The molecule has 36 heavy (non-hydrogen) atoms. The van der Waals surface area contributed by atoms with Gasteiger partial charge in [-0.25, -0.2) is 4.98 Å². The molecule has 0 unspecified atom stereocenters. The van der Waals surface area contributed by atoms with Gasteiger partial charge in [0.1, 0.15) is 5.82 Å². The molecule has 0 bridgehead atoms. The Morgan fingerprint density at radius 3 is 2.56 bits per heavy atom. The summed E-state index contributed by atoms with van der Waals surface area (Å²) in [4.78, 5) is 33.8. The van der Waals surface area contributed by atoms with Gasteiger partial charge >= 0.3 is 0 Å². The molecule has 1 aromatic carbocycles.